The molecule has 240 valence electrons. The van der Waals surface area contributed by atoms with Crippen molar-refractivity contribution in [3.8, 4) is 5.75 Å². The Labute approximate surface area is 262 Å². The molecule has 3 aromatic rings. The lowest BCUT2D eigenvalue weighted by atomic mass is 10.0. The Bertz CT molecular complexity index is 1730. The topological polar surface area (TPSA) is 104 Å². The summed E-state index contributed by atoms with van der Waals surface area (Å²) in [6.07, 6.45) is -4.38. The van der Waals surface area contributed by atoms with Crippen molar-refractivity contribution in [2.24, 2.45) is 0 Å². The molecule has 0 radical (unpaired) electrons. The van der Waals surface area contributed by atoms with Crippen molar-refractivity contribution < 1.29 is 45.4 Å². The summed E-state index contributed by atoms with van der Waals surface area (Å²) in [4.78, 5) is 24.1. The molecule has 0 aromatic heterocycles. The van der Waals surface area contributed by atoms with Gasteiger partial charge in [-0.1, -0.05) is 35.9 Å². The molecule has 14 heteroatoms. The van der Waals surface area contributed by atoms with E-state index >= 15 is 0 Å². The number of ether oxygens (including phenoxy) is 1. The van der Waals surface area contributed by atoms with Crippen LogP contribution in [0.4, 0.5) is 23.2 Å². The zero-order chi connectivity index (χ0) is 33.1. The number of carboxylic acids is 1. The van der Waals surface area contributed by atoms with E-state index in [0.717, 1.165) is 22.5 Å². The molecule has 1 unspecified atom stereocenters. The van der Waals surface area contributed by atoms with Gasteiger partial charge in [0.2, 0.25) is 5.91 Å². The van der Waals surface area contributed by atoms with Crippen molar-refractivity contribution in [2.45, 2.75) is 43.4 Å². The van der Waals surface area contributed by atoms with Crippen LogP contribution in [0.2, 0.25) is 5.02 Å². The summed E-state index contributed by atoms with van der Waals surface area (Å²) in [6, 6.07) is 12.1. The molecule has 0 saturated carbocycles. The van der Waals surface area contributed by atoms with E-state index in [-0.39, 0.29) is 60.3 Å². The maximum Gasteiger partial charge on any atom is 0.416 e. The SMILES string of the molecule is CC(=Cc1ccc2c(c1)N(S(=O)(=O)c1cccc(C(F)(F)F)c1)CC(CCC(=O)N(C)CCC(=O)O)O2)c1c(F)cccc1Cl. The molecule has 45 heavy (non-hydrogen) atoms. The van der Waals surface area contributed by atoms with Gasteiger partial charge in [0.15, 0.2) is 0 Å². The predicted octanol–water partition coefficient (Wildman–Crippen LogP) is 6.73. The van der Waals surface area contributed by atoms with Gasteiger partial charge in [0.1, 0.15) is 17.7 Å². The Morgan fingerprint density at radius 3 is 2.49 bits per heavy atom. The van der Waals surface area contributed by atoms with Gasteiger partial charge < -0.3 is 14.7 Å². The molecule has 1 atom stereocenters. The van der Waals surface area contributed by atoms with Gasteiger partial charge in [0, 0.05) is 25.6 Å². The molecule has 1 aliphatic heterocycles. The molecule has 0 aliphatic carbocycles. The highest BCUT2D eigenvalue weighted by molar-refractivity contribution is 7.92. The summed E-state index contributed by atoms with van der Waals surface area (Å²) >= 11 is 6.20. The molecule has 1 heterocycles. The molecule has 0 spiro atoms. The van der Waals surface area contributed by atoms with Crippen molar-refractivity contribution in [1.29, 1.82) is 0 Å². The number of alkyl halides is 3. The van der Waals surface area contributed by atoms with Crippen LogP contribution in [0.5, 0.6) is 5.75 Å². The maximum absolute atomic E-state index is 14.5. The fourth-order valence-corrected chi connectivity index (χ4v) is 6.67. The molecule has 3 aromatic carbocycles. The summed E-state index contributed by atoms with van der Waals surface area (Å²) in [6.45, 7) is 1.27. The second kappa shape index (κ2) is 13.5. The van der Waals surface area contributed by atoms with E-state index in [2.05, 4.69) is 0 Å². The van der Waals surface area contributed by atoms with E-state index < -0.39 is 44.5 Å². The molecule has 1 amide bonds. The predicted molar refractivity (Wildman–Crippen MR) is 161 cm³/mol. The monoisotopic (exact) mass is 668 g/mol. The Morgan fingerprint density at radius 1 is 1.11 bits per heavy atom. The molecular formula is C31H29ClF4N2O6S. The summed E-state index contributed by atoms with van der Waals surface area (Å²) < 4.78 is 89.7. The summed E-state index contributed by atoms with van der Waals surface area (Å²) in [5.74, 6) is -1.91. The van der Waals surface area contributed by atoms with E-state index in [1.165, 1.54) is 42.3 Å². The number of anilines is 1. The van der Waals surface area contributed by atoms with Crippen LogP contribution in [-0.4, -0.2) is 56.5 Å². The first-order valence-electron chi connectivity index (χ1n) is 13.7. The van der Waals surface area contributed by atoms with Gasteiger partial charge in [0.05, 0.1) is 34.1 Å². The number of sulfonamides is 1. The Kier molecular flexibility index (Phi) is 10.1. The van der Waals surface area contributed by atoms with E-state index in [0.29, 0.717) is 17.2 Å². The number of carboxylic acid groups (broad SMARTS) is 1. The second-order valence-corrected chi connectivity index (χ2v) is 12.7. The molecule has 0 saturated heterocycles. The minimum atomic E-state index is -4.78. The first kappa shape index (κ1) is 33.8. The summed E-state index contributed by atoms with van der Waals surface area (Å²) in [5, 5.41) is 9.04. The average Bonchev–Trinajstić information content (AvgIpc) is 2.97. The first-order valence-corrected chi connectivity index (χ1v) is 15.5. The minimum Gasteiger partial charge on any atom is -0.486 e. The summed E-state index contributed by atoms with van der Waals surface area (Å²) in [5.41, 5.74) is -0.0791. The van der Waals surface area contributed by atoms with E-state index in [1.807, 2.05) is 0 Å². The van der Waals surface area contributed by atoms with Crippen LogP contribution in [0.15, 0.2) is 65.6 Å². The van der Waals surface area contributed by atoms with E-state index in [4.69, 9.17) is 21.4 Å². The largest absolute Gasteiger partial charge is 0.486 e. The van der Waals surface area contributed by atoms with Crippen LogP contribution < -0.4 is 9.04 Å². The highest BCUT2D eigenvalue weighted by Crippen LogP contribution is 2.40. The number of allylic oxidation sites excluding steroid dienone is 1. The third-order valence-electron chi connectivity index (χ3n) is 7.17. The van der Waals surface area contributed by atoms with Crippen molar-refractivity contribution in [3.63, 3.8) is 0 Å². The fourth-order valence-electron chi connectivity index (χ4n) is 4.82. The third kappa shape index (κ3) is 7.95. The zero-order valence-corrected chi connectivity index (χ0v) is 25.7. The number of fused-ring (bicyclic) bond motifs is 1. The number of aliphatic carboxylic acids is 1. The number of carbonyl (C=O) groups is 2. The molecule has 0 fully saturated rings. The lowest BCUT2D eigenvalue weighted by Crippen LogP contribution is -2.44. The number of amides is 1. The standard InChI is InChI=1S/C31H29ClF4N2O6S/c1-19(30-24(32)7-4-8-25(30)33)15-20-9-11-27-26(16-20)38(45(42,43)23-6-3-5-21(17-23)31(34,35)36)18-22(44-27)10-12-28(39)37(2)14-13-29(40)41/h3-9,11,15-17,22H,10,12-14,18H2,1-2H3,(H,40,41). The summed E-state index contributed by atoms with van der Waals surface area (Å²) in [7, 11) is -3.14. The Hall–Kier alpha value is -4.10. The highest BCUT2D eigenvalue weighted by atomic mass is 35.5. The molecule has 8 nitrogen and oxygen atoms in total. The molecule has 4 rings (SSSR count). The number of halogens is 5. The molecule has 1 aliphatic rings. The normalized spacial score (nSPS) is 15.3. The van der Waals surface area contributed by atoms with Crippen LogP contribution in [0.25, 0.3) is 11.6 Å². The average molecular weight is 669 g/mol. The molecular weight excluding hydrogens is 640 g/mol. The quantitative estimate of drug-likeness (QED) is 0.190. The van der Waals surface area contributed by atoms with Gasteiger partial charge >= 0.3 is 12.1 Å². The van der Waals surface area contributed by atoms with Gasteiger partial charge in [-0.15, -0.1) is 0 Å². The van der Waals surface area contributed by atoms with E-state index in [1.54, 1.807) is 19.1 Å². The van der Waals surface area contributed by atoms with Crippen LogP contribution in [0.3, 0.4) is 0 Å². The van der Waals surface area contributed by atoms with Crippen molar-refractivity contribution in [1.82, 2.24) is 4.90 Å². The molecule has 0 bridgehead atoms. The number of benzene rings is 3. The van der Waals surface area contributed by atoms with Crippen LogP contribution in [0.1, 0.15) is 42.9 Å². The minimum absolute atomic E-state index is 0.0214. The van der Waals surface area contributed by atoms with Gasteiger partial charge in [-0.2, -0.15) is 13.2 Å². The Balaban J connectivity index is 1.71. The zero-order valence-electron chi connectivity index (χ0n) is 24.1. The number of rotatable bonds is 10. The number of hydrogen-bond donors (Lipinski definition) is 1. The molecule has 1 N–H and O–H groups in total. The van der Waals surface area contributed by atoms with Crippen molar-refractivity contribution >= 4 is 50.8 Å². The second-order valence-electron chi connectivity index (χ2n) is 10.5. The lowest BCUT2D eigenvalue weighted by molar-refractivity contribution is -0.139. The van der Waals surface area contributed by atoms with Gasteiger partial charge in [-0.3, -0.25) is 13.9 Å². The van der Waals surface area contributed by atoms with Gasteiger partial charge in [-0.05, 0) is 66.9 Å². The fraction of sp³-hybridized carbons (Fsp3) is 0.290. The number of hydrogen-bond acceptors (Lipinski definition) is 5. The van der Waals surface area contributed by atoms with Crippen LogP contribution >= 0.6 is 11.6 Å². The highest BCUT2D eigenvalue weighted by Gasteiger charge is 2.37. The van der Waals surface area contributed by atoms with Gasteiger partial charge in [0.25, 0.3) is 10.0 Å². The van der Waals surface area contributed by atoms with Crippen LogP contribution in [0, 0.1) is 5.82 Å². The van der Waals surface area contributed by atoms with Crippen molar-refractivity contribution in [3.05, 3.63) is 88.2 Å². The maximum atomic E-state index is 14.5. The van der Waals surface area contributed by atoms with Crippen molar-refractivity contribution in [2.75, 3.05) is 24.4 Å². The third-order valence-corrected chi connectivity index (χ3v) is 9.26. The van der Waals surface area contributed by atoms with Crippen LogP contribution in [-0.2, 0) is 25.8 Å². The number of carbonyl (C=O) groups excluding carboxylic acids is 1. The Morgan fingerprint density at radius 2 is 1.82 bits per heavy atom. The lowest BCUT2D eigenvalue weighted by Gasteiger charge is -2.36. The number of nitrogens with zero attached hydrogens (tertiary/aromatic N) is 2. The first-order chi connectivity index (χ1) is 21.1. The smallest absolute Gasteiger partial charge is 0.416 e. The van der Waals surface area contributed by atoms with Gasteiger partial charge in [-0.25, -0.2) is 12.8 Å². The van der Waals surface area contributed by atoms with E-state index in [9.17, 15) is 35.6 Å².